The van der Waals surface area contributed by atoms with E-state index in [1.165, 1.54) is 5.56 Å². The van der Waals surface area contributed by atoms with Gasteiger partial charge in [0.05, 0.1) is 13.7 Å². The molecule has 1 aromatic rings. The van der Waals surface area contributed by atoms with Gasteiger partial charge in [-0.3, -0.25) is 0 Å². The summed E-state index contributed by atoms with van der Waals surface area (Å²) in [6.45, 7) is 3.85. The summed E-state index contributed by atoms with van der Waals surface area (Å²) in [5.74, 6) is 0.946. The molecule has 0 spiro atoms. The molecule has 2 atom stereocenters. The summed E-state index contributed by atoms with van der Waals surface area (Å²) >= 11 is 0. The highest BCUT2D eigenvalue weighted by atomic mass is 16.5. The summed E-state index contributed by atoms with van der Waals surface area (Å²) < 4.78 is 10.7. The Kier molecular flexibility index (Phi) is 3.80. The predicted octanol–water partition coefficient (Wildman–Crippen LogP) is 2.13. The van der Waals surface area contributed by atoms with Crippen molar-refractivity contribution in [3.8, 4) is 5.75 Å². The highest BCUT2D eigenvalue weighted by Crippen LogP contribution is 2.25. The minimum atomic E-state index is 0.294. The zero-order chi connectivity index (χ0) is 11.4. The van der Waals surface area contributed by atoms with Crippen molar-refractivity contribution in [3.63, 3.8) is 0 Å². The van der Waals surface area contributed by atoms with Crippen LogP contribution in [0.15, 0.2) is 24.3 Å². The van der Waals surface area contributed by atoms with Crippen molar-refractivity contribution >= 4 is 0 Å². The van der Waals surface area contributed by atoms with E-state index in [2.05, 4.69) is 18.3 Å². The zero-order valence-electron chi connectivity index (χ0n) is 9.90. The number of para-hydroxylation sites is 1. The van der Waals surface area contributed by atoms with Crippen LogP contribution < -0.4 is 10.1 Å². The number of hydrogen-bond acceptors (Lipinski definition) is 3. The molecule has 3 heteroatoms. The molecule has 1 saturated heterocycles. The van der Waals surface area contributed by atoms with Gasteiger partial charge in [0.2, 0.25) is 0 Å². The highest BCUT2D eigenvalue weighted by molar-refractivity contribution is 5.35. The van der Waals surface area contributed by atoms with Gasteiger partial charge in [-0.25, -0.2) is 0 Å². The fraction of sp³-hybridized carbons (Fsp3) is 0.538. The maximum absolute atomic E-state index is 5.36. The fourth-order valence-electron chi connectivity index (χ4n) is 2.13. The molecule has 1 aliphatic rings. The lowest BCUT2D eigenvalue weighted by Gasteiger charge is -2.20. The lowest BCUT2D eigenvalue weighted by molar-refractivity contribution is 0.188. The van der Waals surface area contributed by atoms with Crippen LogP contribution in [-0.2, 0) is 4.74 Å². The summed E-state index contributed by atoms with van der Waals surface area (Å²) in [4.78, 5) is 0. The van der Waals surface area contributed by atoms with Crippen LogP contribution in [0.2, 0.25) is 0 Å². The second-order valence-corrected chi connectivity index (χ2v) is 4.19. The Balaban J connectivity index is 2.04. The van der Waals surface area contributed by atoms with E-state index < -0.39 is 0 Å². The molecule has 88 valence electrons. The molecular formula is C13H19NO2. The molecule has 1 aliphatic heterocycles. The Morgan fingerprint density at radius 2 is 2.25 bits per heavy atom. The third kappa shape index (κ3) is 2.54. The minimum absolute atomic E-state index is 0.294. The topological polar surface area (TPSA) is 30.5 Å². The van der Waals surface area contributed by atoms with Gasteiger partial charge in [-0.15, -0.1) is 0 Å². The molecule has 0 bridgehead atoms. The van der Waals surface area contributed by atoms with E-state index in [4.69, 9.17) is 9.47 Å². The van der Waals surface area contributed by atoms with Gasteiger partial charge in [0.1, 0.15) is 5.75 Å². The Bertz CT molecular complexity index is 334. The standard InChI is InChI=1S/C13H19NO2/c1-10(14-11-7-8-16-9-11)12-5-3-4-6-13(12)15-2/h3-6,10-11,14H,7-9H2,1-2H3. The second-order valence-electron chi connectivity index (χ2n) is 4.19. The number of methoxy groups -OCH3 is 1. The number of nitrogens with one attached hydrogen (secondary N) is 1. The first-order valence-corrected chi connectivity index (χ1v) is 5.78. The summed E-state index contributed by atoms with van der Waals surface area (Å²) in [5, 5.41) is 3.56. The van der Waals surface area contributed by atoms with Crippen LogP contribution >= 0.6 is 0 Å². The molecule has 0 radical (unpaired) electrons. The van der Waals surface area contributed by atoms with Gasteiger partial charge >= 0.3 is 0 Å². The third-order valence-corrected chi connectivity index (χ3v) is 3.02. The van der Waals surface area contributed by atoms with Crippen molar-refractivity contribution in [2.75, 3.05) is 20.3 Å². The zero-order valence-corrected chi connectivity index (χ0v) is 9.90. The molecule has 1 heterocycles. The fourth-order valence-corrected chi connectivity index (χ4v) is 2.13. The first kappa shape index (κ1) is 11.4. The summed E-state index contributed by atoms with van der Waals surface area (Å²) in [6.07, 6.45) is 1.10. The van der Waals surface area contributed by atoms with Crippen LogP contribution in [0.5, 0.6) is 5.75 Å². The van der Waals surface area contributed by atoms with Crippen molar-refractivity contribution < 1.29 is 9.47 Å². The minimum Gasteiger partial charge on any atom is -0.496 e. The lowest BCUT2D eigenvalue weighted by Crippen LogP contribution is -2.31. The van der Waals surface area contributed by atoms with E-state index in [0.29, 0.717) is 12.1 Å². The van der Waals surface area contributed by atoms with Crippen LogP contribution in [0.25, 0.3) is 0 Å². The van der Waals surface area contributed by atoms with Crippen LogP contribution in [0.1, 0.15) is 24.9 Å². The average molecular weight is 221 g/mol. The largest absolute Gasteiger partial charge is 0.496 e. The van der Waals surface area contributed by atoms with Gasteiger partial charge in [-0.1, -0.05) is 18.2 Å². The molecule has 0 aliphatic carbocycles. The van der Waals surface area contributed by atoms with Crippen molar-refractivity contribution in [1.29, 1.82) is 0 Å². The molecule has 16 heavy (non-hydrogen) atoms. The lowest BCUT2D eigenvalue weighted by atomic mass is 10.1. The van der Waals surface area contributed by atoms with E-state index in [-0.39, 0.29) is 0 Å². The van der Waals surface area contributed by atoms with Crippen LogP contribution in [-0.4, -0.2) is 26.4 Å². The first-order chi connectivity index (χ1) is 7.81. The van der Waals surface area contributed by atoms with Crippen molar-refractivity contribution in [2.45, 2.75) is 25.4 Å². The van der Waals surface area contributed by atoms with Gasteiger partial charge in [0.15, 0.2) is 0 Å². The van der Waals surface area contributed by atoms with Gasteiger partial charge in [-0.05, 0) is 19.4 Å². The molecule has 2 unspecified atom stereocenters. The molecule has 0 amide bonds. The molecule has 1 N–H and O–H groups in total. The van der Waals surface area contributed by atoms with Gasteiger partial charge in [-0.2, -0.15) is 0 Å². The monoisotopic (exact) mass is 221 g/mol. The maximum Gasteiger partial charge on any atom is 0.123 e. The van der Waals surface area contributed by atoms with Gasteiger partial charge in [0, 0.05) is 24.3 Å². The quantitative estimate of drug-likeness (QED) is 0.845. The molecule has 1 fully saturated rings. The number of ether oxygens (including phenoxy) is 2. The number of benzene rings is 1. The number of rotatable bonds is 4. The normalized spacial score (nSPS) is 22.0. The smallest absolute Gasteiger partial charge is 0.123 e. The van der Waals surface area contributed by atoms with Crippen molar-refractivity contribution in [1.82, 2.24) is 5.32 Å². The van der Waals surface area contributed by atoms with E-state index in [1.54, 1.807) is 7.11 Å². The molecule has 0 aromatic heterocycles. The molecule has 2 rings (SSSR count). The van der Waals surface area contributed by atoms with Crippen molar-refractivity contribution in [2.24, 2.45) is 0 Å². The molecule has 1 aromatic carbocycles. The Hall–Kier alpha value is -1.06. The molecule has 0 saturated carbocycles. The third-order valence-electron chi connectivity index (χ3n) is 3.02. The average Bonchev–Trinajstić information content (AvgIpc) is 2.81. The van der Waals surface area contributed by atoms with E-state index >= 15 is 0 Å². The highest BCUT2D eigenvalue weighted by Gasteiger charge is 2.19. The van der Waals surface area contributed by atoms with Gasteiger partial charge < -0.3 is 14.8 Å². The molecule has 3 nitrogen and oxygen atoms in total. The Labute approximate surface area is 96.8 Å². The van der Waals surface area contributed by atoms with Crippen LogP contribution in [0.4, 0.5) is 0 Å². The summed E-state index contributed by atoms with van der Waals surface area (Å²) in [7, 11) is 1.71. The first-order valence-electron chi connectivity index (χ1n) is 5.78. The summed E-state index contributed by atoms with van der Waals surface area (Å²) in [6, 6.07) is 8.91. The number of hydrogen-bond donors (Lipinski definition) is 1. The Morgan fingerprint density at radius 3 is 2.94 bits per heavy atom. The van der Waals surface area contributed by atoms with E-state index in [1.807, 2.05) is 18.2 Å². The van der Waals surface area contributed by atoms with Crippen LogP contribution in [0, 0.1) is 0 Å². The second kappa shape index (κ2) is 5.32. The van der Waals surface area contributed by atoms with Crippen molar-refractivity contribution in [3.05, 3.63) is 29.8 Å². The maximum atomic E-state index is 5.36. The molecular weight excluding hydrogens is 202 g/mol. The van der Waals surface area contributed by atoms with E-state index in [9.17, 15) is 0 Å². The summed E-state index contributed by atoms with van der Waals surface area (Å²) in [5.41, 5.74) is 1.21. The van der Waals surface area contributed by atoms with E-state index in [0.717, 1.165) is 25.4 Å². The Morgan fingerprint density at radius 1 is 1.44 bits per heavy atom. The SMILES string of the molecule is COc1ccccc1C(C)NC1CCOC1. The predicted molar refractivity (Wildman–Crippen MR) is 63.8 cm³/mol. The van der Waals surface area contributed by atoms with Crippen LogP contribution in [0.3, 0.4) is 0 Å². The van der Waals surface area contributed by atoms with Gasteiger partial charge in [0.25, 0.3) is 0 Å².